The quantitative estimate of drug-likeness (QED) is 0.870. The van der Waals surface area contributed by atoms with Crippen LogP contribution in [0.15, 0.2) is 18.2 Å². The van der Waals surface area contributed by atoms with Gasteiger partial charge in [-0.15, -0.1) is 0 Å². The van der Waals surface area contributed by atoms with Gasteiger partial charge in [-0.2, -0.15) is 0 Å². The third-order valence-corrected chi connectivity index (χ3v) is 4.09. The molecule has 0 heterocycles. The Morgan fingerprint density at radius 2 is 1.43 bits per heavy atom. The Morgan fingerprint density at radius 3 is 1.81 bits per heavy atom. The largest absolute Gasteiger partial charge is 0.481 e. The van der Waals surface area contributed by atoms with Crippen LogP contribution < -0.4 is 0 Å². The van der Waals surface area contributed by atoms with Crippen LogP contribution in [-0.4, -0.2) is 22.2 Å². The number of hydrogen-bond acceptors (Lipinski definition) is 2. The lowest BCUT2D eigenvalue weighted by molar-refractivity contribution is -0.144. The zero-order chi connectivity index (χ0) is 16.6. The van der Waals surface area contributed by atoms with E-state index in [1.807, 2.05) is 19.9 Å². The summed E-state index contributed by atoms with van der Waals surface area (Å²) in [5.41, 5.74) is -0.238. The summed E-state index contributed by atoms with van der Waals surface area (Å²) >= 11 is 0. The summed E-state index contributed by atoms with van der Waals surface area (Å²) in [7, 11) is 0. The first-order valence-electron chi connectivity index (χ1n) is 7.04. The highest BCUT2D eigenvalue weighted by Crippen LogP contribution is 2.39. The van der Waals surface area contributed by atoms with Crippen molar-refractivity contribution in [2.75, 3.05) is 0 Å². The van der Waals surface area contributed by atoms with Gasteiger partial charge < -0.3 is 10.2 Å². The average Bonchev–Trinajstić information content (AvgIpc) is 2.37. The SMILES string of the molecule is CC(C)c1cccc(C(C)(C)C(=O)O)c1C(C)(C)C(=O)O. The minimum Gasteiger partial charge on any atom is -0.481 e. The van der Waals surface area contributed by atoms with Crippen LogP contribution in [0.2, 0.25) is 0 Å². The molecule has 21 heavy (non-hydrogen) atoms. The molecular formula is C17H24O4. The molecule has 0 aliphatic carbocycles. The van der Waals surface area contributed by atoms with E-state index >= 15 is 0 Å². The summed E-state index contributed by atoms with van der Waals surface area (Å²) in [5, 5.41) is 19.1. The van der Waals surface area contributed by atoms with Crippen LogP contribution in [0.5, 0.6) is 0 Å². The molecule has 1 aromatic carbocycles. The number of carbonyl (C=O) groups is 2. The summed E-state index contributed by atoms with van der Waals surface area (Å²) < 4.78 is 0. The minimum atomic E-state index is -1.15. The molecule has 116 valence electrons. The van der Waals surface area contributed by atoms with Crippen molar-refractivity contribution in [1.29, 1.82) is 0 Å². The van der Waals surface area contributed by atoms with Crippen molar-refractivity contribution in [2.45, 2.75) is 58.3 Å². The second-order valence-electron chi connectivity index (χ2n) is 6.78. The molecular weight excluding hydrogens is 268 g/mol. The van der Waals surface area contributed by atoms with Crippen molar-refractivity contribution in [2.24, 2.45) is 0 Å². The highest BCUT2D eigenvalue weighted by atomic mass is 16.4. The molecule has 0 saturated carbocycles. The maximum Gasteiger partial charge on any atom is 0.313 e. The van der Waals surface area contributed by atoms with Crippen LogP contribution in [0.1, 0.15) is 64.2 Å². The van der Waals surface area contributed by atoms with E-state index in [1.165, 1.54) is 0 Å². The molecule has 0 aliphatic rings. The molecule has 2 N–H and O–H groups in total. The number of carboxylic acids is 2. The van der Waals surface area contributed by atoms with Gasteiger partial charge in [0.2, 0.25) is 0 Å². The molecule has 0 aliphatic heterocycles. The van der Waals surface area contributed by atoms with Crippen molar-refractivity contribution in [1.82, 2.24) is 0 Å². The maximum atomic E-state index is 11.7. The lowest BCUT2D eigenvalue weighted by atomic mass is 9.70. The monoisotopic (exact) mass is 292 g/mol. The van der Waals surface area contributed by atoms with E-state index < -0.39 is 22.8 Å². The Bertz CT molecular complexity index is 568. The van der Waals surface area contributed by atoms with Gasteiger partial charge in [-0.25, -0.2) is 0 Å². The van der Waals surface area contributed by atoms with Gasteiger partial charge in [0.15, 0.2) is 0 Å². The zero-order valence-corrected chi connectivity index (χ0v) is 13.5. The smallest absolute Gasteiger partial charge is 0.313 e. The molecule has 1 aromatic rings. The molecule has 0 atom stereocenters. The molecule has 0 saturated heterocycles. The highest BCUT2D eigenvalue weighted by Gasteiger charge is 2.40. The zero-order valence-electron chi connectivity index (χ0n) is 13.5. The maximum absolute atomic E-state index is 11.7. The Kier molecular flexibility index (Phi) is 4.51. The lowest BCUT2D eigenvalue weighted by Crippen LogP contribution is -2.37. The fourth-order valence-electron chi connectivity index (χ4n) is 2.49. The highest BCUT2D eigenvalue weighted by molar-refractivity contribution is 5.85. The molecule has 0 unspecified atom stereocenters. The van der Waals surface area contributed by atoms with Gasteiger partial charge in [0.1, 0.15) is 0 Å². The molecule has 0 radical (unpaired) electrons. The predicted molar refractivity (Wildman–Crippen MR) is 81.9 cm³/mol. The Hall–Kier alpha value is -1.84. The number of benzene rings is 1. The van der Waals surface area contributed by atoms with Gasteiger partial charge in [-0.3, -0.25) is 9.59 Å². The number of carboxylic acid groups (broad SMARTS) is 2. The van der Waals surface area contributed by atoms with Gasteiger partial charge in [0.25, 0.3) is 0 Å². The van der Waals surface area contributed by atoms with Gasteiger partial charge in [-0.05, 0) is 50.3 Å². The third kappa shape index (κ3) is 2.94. The van der Waals surface area contributed by atoms with Crippen LogP contribution >= 0.6 is 0 Å². The first-order valence-corrected chi connectivity index (χ1v) is 7.04. The fraction of sp³-hybridized carbons (Fsp3) is 0.529. The van der Waals surface area contributed by atoms with Crippen molar-refractivity contribution in [3.8, 4) is 0 Å². The van der Waals surface area contributed by atoms with Crippen molar-refractivity contribution in [3.05, 3.63) is 34.9 Å². The van der Waals surface area contributed by atoms with E-state index in [0.29, 0.717) is 11.1 Å². The molecule has 0 fully saturated rings. The van der Waals surface area contributed by atoms with Crippen molar-refractivity contribution >= 4 is 11.9 Å². The first kappa shape index (κ1) is 17.2. The van der Waals surface area contributed by atoms with E-state index in [2.05, 4.69) is 0 Å². The molecule has 4 heteroatoms. The molecule has 0 spiro atoms. The van der Waals surface area contributed by atoms with E-state index in [0.717, 1.165) is 5.56 Å². The van der Waals surface area contributed by atoms with E-state index in [4.69, 9.17) is 0 Å². The van der Waals surface area contributed by atoms with Gasteiger partial charge in [0.05, 0.1) is 10.8 Å². The molecule has 4 nitrogen and oxygen atoms in total. The topological polar surface area (TPSA) is 74.6 Å². The summed E-state index contributed by atoms with van der Waals surface area (Å²) in [6, 6.07) is 5.41. The van der Waals surface area contributed by atoms with E-state index in [1.54, 1.807) is 39.8 Å². The van der Waals surface area contributed by atoms with E-state index in [-0.39, 0.29) is 5.92 Å². The lowest BCUT2D eigenvalue weighted by Gasteiger charge is -2.32. The standard InChI is InChI=1S/C17H24O4/c1-10(2)11-8-7-9-12(16(3,4)14(18)19)13(11)17(5,6)15(20)21/h7-10H,1-6H3,(H,18,19)(H,20,21). The number of hydrogen-bond donors (Lipinski definition) is 2. The molecule has 1 rings (SSSR count). The third-order valence-electron chi connectivity index (χ3n) is 4.09. The summed E-state index contributed by atoms with van der Waals surface area (Å²) in [6.45, 7) is 10.4. The van der Waals surface area contributed by atoms with Gasteiger partial charge in [0, 0.05) is 0 Å². The van der Waals surface area contributed by atoms with Crippen LogP contribution in [-0.2, 0) is 20.4 Å². The molecule has 0 aromatic heterocycles. The van der Waals surface area contributed by atoms with Crippen molar-refractivity contribution in [3.63, 3.8) is 0 Å². The van der Waals surface area contributed by atoms with Gasteiger partial charge >= 0.3 is 11.9 Å². The van der Waals surface area contributed by atoms with Crippen LogP contribution in [0.3, 0.4) is 0 Å². The summed E-state index contributed by atoms with van der Waals surface area (Å²) in [4.78, 5) is 23.3. The second-order valence-corrected chi connectivity index (χ2v) is 6.78. The Balaban J connectivity index is 3.80. The van der Waals surface area contributed by atoms with Crippen molar-refractivity contribution < 1.29 is 19.8 Å². The Labute approximate surface area is 125 Å². The number of aliphatic carboxylic acids is 2. The van der Waals surface area contributed by atoms with E-state index in [9.17, 15) is 19.8 Å². The normalized spacial score (nSPS) is 12.5. The molecule has 0 bridgehead atoms. The summed E-state index contributed by atoms with van der Waals surface area (Å²) in [5.74, 6) is -1.81. The van der Waals surface area contributed by atoms with Crippen LogP contribution in [0.25, 0.3) is 0 Å². The average molecular weight is 292 g/mol. The number of rotatable bonds is 5. The Morgan fingerprint density at radius 1 is 0.952 bits per heavy atom. The fourth-order valence-corrected chi connectivity index (χ4v) is 2.49. The minimum absolute atomic E-state index is 0.114. The summed E-state index contributed by atoms with van der Waals surface area (Å²) in [6.07, 6.45) is 0. The predicted octanol–water partition coefficient (Wildman–Crippen LogP) is 3.53. The van der Waals surface area contributed by atoms with Crippen LogP contribution in [0, 0.1) is 0 Å². The van der Waals surface area contributed by atoms with Crippen LogP contribution in [0.4, 0.5) is 0 Å². The first-order chi connectivity index (χ1) is 9.44. The second kappa shape index (κ2) is 5.51. The van der Waals surface area contributed by atoms with Gasteiger partial charge in [-0.1, -0.05) is 32.0 Å². The molecule has 0 amide bonds.